The van der Waals surface area contributed by atoms with E-state index in [1.807, 2.05) is 19.1 Å². The van der Waals surface area contributed by atoms with Crippen molar-refractivity contribution >= 4 is 23.5 Å². The van der Waals surface area contributed by atoms with Crippen molar-refractivity contribution in [1.82, 2.24) is 5.32 Å². The fourth-order valence-electron chi connectivity index (χ4n) is 2.96. The molecule has 2 N–H and O–H groups in total. The number of rotatable bonds is 9. The number of nitriles is 1. The molecule has 0 aliphatic carbocycles. The van der Waals surface area contributed by atoms with Gasteiger partial charge in [-0.3, -0.25) is 9.59 Å². The maximum absolute atomic E-state index is 12.1. The standard InChI is InChI=1S/C24H27N3O4/c1-16(2)14-18-4-6-19(7-5-18)17(3)26-23(29)15-31-24(30)20-8-10-21(11-9-20)27-22(28)12-13-25/h4-11,16-17H,12,14-15H2,1-3H3,(H,26,29)(H,27,28)/t17-/m1/s1. The first-order valence-corrected chi connectivity index (χ1v) is 10.1. The van der Waals surface area contributed by atoms with E-state index in [1.165, 1.54) is 29.8 Å². The third-order valence-corrected chi connectivity index (χ3v) is 4.48. The van der Waals surface area contributed by atoms with E-state index in [0.29, 0.717) is 11.6 Å². The minimum Gasteiger partial charge on any atom is -0.452 e. The molecule has 2 amide bonds. The normalized spacial score (nSPS) is 11.3. The fourth-order valence-corrected chi connectivity index (χ4v) is 2.96. The SMILES string of the molecule is CC(C)Cc1ccc([C@@H](C)NC(=O)COC(=O)c2ccc(NC(=O)CC#N)cc2)cc1. The van der Waals surface area contributed by atoms with Crippen molar-refractivity contribution in [3.8, 4) is 6.07 Å². The number of hydrogen-bond donors (Lipinski definition) is 2. The van der Waals surface area contributed by atoms with Crippen LogP contribution in [0.15, 0.2) is 48.5 Å². The average Bonchev–Trinajstić information content (AvgIpc) is 2.72. The number of carbonyl (C=O) groups is 3. The van der Waals surface area contributed by atoms with Gasteiger partial charge in [0.1, 0.15) is 6.42 Å². The van der Waals surface area contributed by atoms with Crippen molar-refractivity contribution in [2.24, 2.45) is 5.92 Å². The maximum Gasteiger partial charge on any atom is 0.338 e. The van der Waals surface area contributed by atoms with E-state index in [2.05, 4.69) is 36.6 Å². The van der Waals surface area contributed by atoms with E-state index in [9.17, 15) is 14.4 Å². The lowest BCUT2D eigenvalue weighted by atomic mass is 10.00. The molecule has 2 aromatic rings. The molecule has 0 fully saturated rings. The molecule has 7 heteroatoms. The molecule has 0 aromatic heterocycles. The zero-order valence-corrected chi connectivity index (χ0v) is 18.0. The van der Waals surface area contributed by atoms with Crippen molar-refractivity contribution < 1.29 is 19.1 Å². The molecule has 0 unspecified atom stereocenters. The van der Waals surface area contributed by atoms with Crippen LogP contribution in [-0.4, -0.2) is 24.4 Å². The van der Waals surface area contributed by atoms with Crippen molar-refractivity contribution in [3.63, 3.8) is 0 Å². The van der Waals surface area contributed by atoms with Crippen LogP contribution in [0.2, 0.25) is 0 Å². The van der Waals surface area contributed by atoms with Crippen molar-refractivity contribution in [3.05, 3.63) is 65.2 Å². The zero-order valence-electron chi connectivity index (χ0n) is 18.0. The third-order valence-electron chi connectivity index (χ3n) is 4.48. The van der Waals surface area contributed by atoms with Crippen molar-refractivity contribution in [2.75, 3.05) is 11.9 Å². The average molecular weight is 421 g/mol. The van der Waals surface area contributed by atoms with Gasteiger partial charge in [-0.1, -0.05) is 38.1 Å². The summed E-state index contributed by atoms with van der Waals surface area (Å²) in [4.78, 5) is 35.7. The molecule has 0 spiro atoms. The molecule has 0 aliphatic rings. The van der Waals surface area contributed by atoms with E-state index in [0.717, 1.165) is 12.0 Å². The fraction of sp³-hybridized carbons (Fsp3) is 0.333. The molecule has 1 atom stereocenters. The first-order chi connectivity index (χ1) is 14.8. The molecule has 0 saturated carbocycles. The highest BCUT2D eigenvalue weighted by atomic mass is 16.5. The van der Waals surface area contributed by atoms with E-state index < -0.39 is 24.4 Å². The van der Waals surface area contributed by atoms with Crippen LogP contribution in [0.25, 0.3) is 0 Å². The lowest BCUT2D eigenvalue weighted by molar-refractivity contribution is -0.124. The Labute approximate surface area is 182 Å². The Kier molecular flexibility index (Phi) is 8.77. The van der Waals surface area contributed by atoms with Gasteiger partial charge in [0.05, 0.1) is 17.7 Å². The predicted molar refractivity (Wildman–Crippen MR) is 117 cm³/mol. The Morgan fingerprint density at radius 3 is 2.19 bits per heavy atom. The Hall–Kier alpha value is -3.66. The number of esters is 1. The van der Waals surface area contributed by atoms with Crippen LogP contribution >= 0.6 is 0 Å². The summed E-state index contributed by atoms with van der Waals surface area (Å²) in [7, 11) is 0. The minimum absolute atomic E-state index is 0.212. The quantitative estimate of drug-likeness (QED) is 0.599. The molecule has 0 aliphatic heterocycles. The van der Waals surface area contributed by atoms with E-state index in [-0.39, 0.29) is 18.0 Å². The van der Waals surface area contributed by atoms with Crippen LogP contribution in [0.5, 0.6) is 0 Å². The van der Waals surface area contributed by atoms with Crippen molar-refractivity contribution in [1.29, 1.82) is 5.26 Å². The van der Waals surface area contributed by atoms with Gasteiger partial charge in [0, 0.05) is 5.69 Å². The predicted octanol–water partition coefficient (Wildman–Crippen LogP) is 3.77. The summed E-state index contributed by atoms with van der Waals surface area (Å²) in [6.07, 6.45) is 0.754. The Morgan fingerprint density at radius 1 is 0.968 bits per heavy atom. The molecular formula is C24H27N3O4. The first kappa shape index (κ1) is 23.6. The van der Waals surface area contributed by atoms with Gasteiger partial charge in [0.15, 0.2) is 6.61 Å². The van der Waals surface area contributed by atoms with E-state index in [1.54, 1.807) is 6.07 Å². The molecule has 31 heavy (non-hydrogen) atoms. The zero-order chi connectivity index (χ0) is 22.8. The first-order valence-electron chi connectivity index (χ1n) is 10.1. The highest BCUT2D eigenvalue weighted by Gasteiger charge is 2.14. The second-order valence-electron chi connectivity index (χ2n) is 7.67. The molecule has 0 radical (unpaired) electrons. The summed E-state index contributed by atoms with van der Waals surface area (Å²) in [5, 5.41) is 13.8. The molecule has 0 saturated heterocycles. The number of benzene rings is 2. The monoisotopic (exact) mass is 421 g/mol. The summed E-state index contributed by atoms with van der Waals surface area (Å²) >= 11 is 0. The van der Waals surface area contributed by atoms with E-state index >= 15 is 0 Å². The van der Waals surface area contributed by atoms with Crippen LogP contribution in [0.3, 0.4) is 0 Å². The summed E-state index contributed by atoms with van der Waals surface area (Å²) in [5.74, 6) is -0.891. The number of carbonyl (C=O) groups excluding carboxylic acids is 3. The van der Waals surface area contributed by atoms with Crippen LogP contribution in [-0.2, 0) is 20.7 Å². The Morgan fingerprint density at radius 2 is 1.61 bits per heavy atom. The van der Waals surface area contributed by atoms with Crippen LogP contribution < -0.4 is 10.6 Å². The summed E-state index contributed by atoms with van der Waals surface area (Å²) in [5.41, 5.74) is 2.94. The second kappa shape index (κ2) is 11.5. The maximum atomic E-state index is 12.1. The van der Waals surface area contributed by atoms with E-state index in [4.69, 9.17) is 10.00 Å². The number of anilines is 1. The van der Waals surface area contributed by atoms with Gasteiger partial charge in [-0.2, -0.15) is 5.26 Å². The summed E-state index contributed by atoms with van der Waals surface area (Å²) in [6, 6.07) is 15.6. The Balaban J connectivity index is 1.81. The third kappa shape index (κ3) is 7.94. The highest BCUT2D eigenvalue weighted by molar-refractivity contribution is 5.94. The van der Waals surface area contributed by atoms with Crippen LogP contribution in [0.4, 0.5) is 5.69 Å². The largest absolute Gasteiger partial charge is 0.452 e. The number of hydrogen-bond acceptors (Lipinski definition) is 5. The van der Waals surface area contributed by atoms with Crippen LogP contribution in [0.1, 0.15) is 54.7 Å². The molecule has 0 bridgehead atoms. The van der Waals surface area contributed by atoms with Gasteiger partial charge in [-0.15, -0.1) is 0 Å². The number of amides is 2. The number of ether oxygens (including phenoxy) is 1. The molecule has 2 aromatic carbocycles. The molecule has 2 rings (SSSR count). The number of nitrogens with zero attached hydrogens (tertiary/aromatic N) is 1. The lowest BCUT2D eigenvalue weighted by Crippen LogP contribution is -2.31. The van der Waals surface area contributed by atoms with Gasteiger partial charge >= 0.3 is 5.97 Å². The van der Waals surface area contributed by atoms with Crippen LogP contribution in [0, 0.1) is 17.2 Å². The van der Waals surface area contributed by atoms with Gasteiger partial charge < -0.3 is 15.4 Å². The molecule has 162 valence electrons. The van der Waals surface area contributed by atoms with Gasteiger partial charge in [-0.25, -0.2) is 4.79 Å². The summed E-state index contributed by atoms with van der Waals surface area (Å²) < 4.78 is 5.07. The minimum atomic E-state index is -0.643. The molecule has 7 nitrogen and oxygen atoms in total. The topological polar surface area (TPSA) is 108 Å². The highest BCUT2D eigenvalue weighted by Crippen LogP contribution is 2.16. The second-order valence-corrected chi connectivity index (χ2v) is 7.67. The molecule has 0 heterocycles. The number of nitrogens with one attached hydrogen (secondary N) is 2. The summed E-state index contributed by atoms with van der Waals surface area (Å²) in [6.45, 7) is 5.81. The smallest absolute Gasteiger partial charge is 0.338 e. The Bertz CT molecular complexity index is 944. The van der Waals surface area contributed by atoms with Gasteiger partial charge in [0.25, 0.3) is 5.91 Å². The lowest BCUT2D eigenvalue weighted by Gasteiger charge is -2.15. The van der Waals surface area contributed by atoms with Gasteiger partial charge in [-0.05, 0) is 54.7 Å². The van der Waals surface area contributed by atoms with Gasteiger partial charge in [0.2, 0.25) is 5.91 Å². The molecular weight excluding hydrogens is 394 g/mol. The van der Waals surface area contributed by atoms with Crippen molar-refractivity contribution in [2.45, 2.75) is 39.7 Å².